The van der Waals surface area contributed by atoms with Crippen molar-refractivity contribution in [1.82, 2.24) is 15.1 Å². The maximum atomic E-state index is 6.37. The summed E-state index contributed by atoms with van der Waals surface area (Å²) in [5.41, 5.74) is 2.39. The van der Waals surface area contributed by atoms with Gasteiger partial charge in [0.05, 0.1) is 23.0 Å². The largest absolute Gasteiger partial charge is 0.311 e. The minimum Gasteiger partial charge on any atom is -0.311 e. The predicted molar refractivity (Wildman–Crippen MR) is 88.7 cm³/mol. The van der Waals surface area contributed by atoms with E-state index in [9.17, 15) is 0 Å². The fraction of sp³-hybridized carbons (Fsp3) is 0.471. The van der Waals surface area contributed by atoms with Gasteiger partial charge in [0.15, 0.2) is 0 Å². The zero-order valence-electron chi connectivity index (χ0n) is 13.2. The summed E-state index contributed by atoms with van der Waals surface area (Å²) in [5, 5.41) is 8.47. The number of likely N-dealkylation sites (N-methyl/N-ethyl adjacent to an activating group) is 1. The first-order valence-electron chi connectivity index (χ1n) is 7.49. The van der Waals surface area contributed by atoms with Crippen LogP contribution < -0.4 is 5.32 Å². The third-order valence-electron chi connectivity index (χ3n) is 4.34. The molecule has 0 aliphatic heterocycles. The molecule has 2 aromatic rings. The molecule has 0 spiro atoms. The van der Waals surface area contributed by atoms with Gasteiger partial charge < -0.3 is 5.32 Å². The van der Waals surface area contributed by atoms with E-state index in [1.54, 1.807) is 6.20 Å². The average Bonchev–Trinajstić information content (AvgIpc) is 2.84. The summed E-state index contributed by atoms with van der Waals surface area (Å²) >= 11 is 6.37. The molecule has 3 unspecified atom stereocenters. The Morgan fingerprint density at radius 2 is 1.95 bits per heavy atom. The molecule has 114 valence electrons. The van der Waals surface area contributed by atoms with Crippen LogP contribution in [0.1, 0.15) is 43.5 Å². The lowest BCUT2D eigenvalue weighted by Crippen LogP contribution is -2.30. The minimum absolute atomic E-state index is 0.141. The van der Waals surface area contributed by atoms with E-state index in [2.05, 4.69) is 54.6 Å². The highest BCUT2D eigenvalue weighted by molar-refractivity contribution is 6.31. The summed E-state index contributed by atoms with van der Waals surface area (Å²) in [4.78, 5) is 0. The summed E-state index contributed by atoms with van der Waals surface area (Å²) in [6.45, 7) is 4.53. The highest BCUT2D eigenvalue weighted by Crippen LogP contribution is 2.40. The van der Waals surface area contributed by atoms with Crippen LogP contribution in [-0.2, 0) is 7.05 Å². The number of hydrogen-bond donors (Lipinski definition) is 1. The van der Waals surface area contributed by atoms with Gasteiger partial charge in [0, 0.05) is 13.0 Å². The first-order valence-corrected chi connectivity index (χ1v) is 7.87. The van der Waals surface area contributed by atoms with E-state index >= 15 is 0 Å². The number of nitrogens with zero attached hydrogens (tertiary/aromatic N) is 2. The van der Waals surface area contributed by atoms with E-state index in [0.29, 0.717) is 11.8 Å². The first kappa shape index (κ1) is 16.1. The fourth-order valence-electron chi connectivity index (χ4n) is 3.04. The molecule has 0 aliphatic carbocycles. The monoisotopic (exact) mass is 305 g/mol. The van der Waals surface area contributed by atoms with Crippen LogP contribution in [0, 0.1) is 5.92 Å². The zero-order chi connectivity index (χ0) is 15.4. The smallest absolute Gasteiger partial charge is 0.0834 e. The SMILES string of the molecule is CCC(C)C(c1ccccc1)C(NC)c1c(Cl)cnn1C. The van der Waals surface area contributed by atoms with Crippen molar-refractivity contribution >= 4 is 11.6 Å². The molecule has 0 saturated carbocycles. The van der Waals surface area contributed by atoms with Gasteiger partial charge in [0.2, 0.25) is 0 Å². The lowest BCUT2D eigenvalue weighted by Gasteiger charge is -2.32. The molecule has 1 aromatic heterocycles. The Hall–Kier alpha value is -1.32. The summed E-state index contributed by atoms with van der Waals surface area (Å²) in [6, 6.07) is 10.8. The van der Waals surface area contributed by atoms with Gasteiger partial charge in [-0.15, -0.1) is 0 Å². The number of hydrogen-bond acceptors (Lipinski definition) is 2. The van der Waals surface area contributed by atoms with Crippen molar-refractivity contribution in [3.8, 4) is 0 Å². The van der Waals surface area contributed by atoms with Crippen LogP contribution in [0.25, 0.3) is 0 Å². The number of aromatic nitrogens is 2. The highest BCUT2D eigenvalue weighted by Gasteiger charge is 2.31. The summed E-state index contributed by atoms with van der Waals surface area (Å²) in [5.74, 6) is 0.893. The average molecular weight is 306 g/mol. The third-order valence-corrected chi connectivity index (χ3v) is 4.64. The van der Waals surface area contributed by atoms with Crippen molar-refractivity contribution in [3.63, 3.8) is 0 Å². The van der Waals surface area contributed by atoms with Crippen LogP contribution in [0.3, 0.4) is 0 Å². The molecule has 0 saturated heterocycles. The molecule has 3 atom stereocenters. The van der Waals surface area contributed by atoms with Crippen LogP contribution in [0.5, 0.6) is 0 Å². The van der Waals surface area contributed by atoms with Gasteiger partial charge in [0.25, 0.3) is 0 Å². The van der Waals surface area contributed by atoms with Gasteiger partial charge in [0.1, 0.15) is 0 Å². The zero-order valence-corrected chi connectivity index (χ0v) is 13.9. The molecule has 3 nitrogen and oxygen atoms in total. The maximum Gasteiger partial charge on any atom is 0.0834 e. The van der Waals surface area contributed by atoms with E-state index < -0.39 is 0 Å². The molecule has 1 heterocycles. The highest BCUT2D eigenvalue weighted by atomic mass is 35.5. The molecule has 0 radical (unpaired) electrons. The second-order valence-corrected chi connectivity index (χ2v) is 6.00. The maximum absolute atomic E-state index is 6.37. The van der Waals surface area contributed by atoms with Gasteiger partial charge in [-0.05, 0) is 18.5 Å². The van der Waals surface area contributed by atoms with Crippen molar-refractivity contribution < 1.29 is 0 Å². The molecule has 1 aromatic carbocycles. The molecule has 0 fully saturated rings. The normalized spacial score (nSPS) is 15.7. The molecule has 4 heteroatoms. The van der Waals surface area contributed by atoms with Crippen molar-refractivity contribution in [1.29, 1.82) is 0 Å². The van der Waals surface area contributed by atoms with Crippen LogP contribution in [0.2, 0.25) is 5.02 Å². The molecular formula is C17H24ClN3. The van der Waals surface area contributed by atoms with Crippen LogP contribution >= 0.6 is 11.6 Å². The van der Waals surface area contributed by atoms with Crippen molar-refractivity contribution in [2.45, 2.75) is 32.2 Å². The summed E-state index contributed by atoms with van der Waals surface area (Å²) in [7, 11) is 3.94. The van der Waals surface area contributed by atoms with Crippen molar-refractivity contribution in [2.24, 2.45) is 13.0 Å². The summed E-state index contributed by atoms with van der Waals surface area (Å²) < 4.78 is 1.88. The van der Waals surface area contributed by atoms with Crippen LogP contribution in [-0.4, -0.2) is 16.8 Å². The second-order valence-electron chi connectivity index (χ2n) is 5.59. The van der Waals surface area contributed by atoms with E-state index in [4.69, 9.17) is 11.6 Å². The Labute approximate surface area is 132 Å². The predicted octanol–water partition coefficient (Wildman–Crippen LogP) is 4.16. The molecule has 2 rings (SSSR count). The first-order chi connectivity index (χ1) is 10.1. The Kier molecular flexibility index (Phi) is 5.43. The van der Waals surface area contributed by atoms with Gasteiger partial charge in [-0.25, -0.2) is 0 Å². The Balaban J connectivity index is 2.48. The van der Waals surface area contributed by atoms with Crippen molar-refractivity contribution in [3.05, 3.63) is 52.8 Å². The molecular weight excluding hydrogens is 282 g/mol. The summed E-state index contributed by atoms with van der Waals surface area (Å²) in [6.07, 6.45) is 2.84. The number of nitrogens with one attached hydrogen (secondary N) is 1. The standard InChI is InChI=1S/C17H24ClN3/c1-5-12(2)15(13-9-7-6-8-10-13)16(19-3)17-14(18)11-20-21(17)4/h6-12,15-16,19H,5H2,1-4H3. The number of benzene rings is 1. The number of aryl methyl sites for hydroxylation is 1. The molecule has 21 heavy (non-hydrogen) atoms. The quantitative estimate of drug-likeness (QED) is 0.868. The van der Waals surface area contributed by atoms with Gasteiger partial charge >= 0.3 is 0 Å². The van der Waals surface area contributed by atoms with Gasteiger partial charge in [-0.3, -0.25) is 4.68 Å². The number of halogens is 1. The molecule has 0 amide bonds. The fourth-order valence-corrected chi connectivity index (χ4v) is 3.32. The minimum atomic E-state index is 0.141. The Morgan fingerprint density at radius 3 is 2.43 bits per heavy atom. The van der Waals surface area contributed by atoms with E-state index in [1.807, 2.05) is 18.8 Å². The lowest BCUT2D eigenvalue weighted by molar-refractivity contribution is 0.342. The Morgan fingerprint density at radius 1 is 1.29 bits per heavy atom. The van der Waals surface area contributed by atoms with Gasteiger partial charge in [-0.2, -0.15) is 5.10 Å². The Bertz CT molecular complexity index is 545. The molecule has 0 aliphatic rings. The van der Waals surface area contributed by atoms with E-state index in [0.717, 1.165) is 17.1 Å². The molecule has 1 N–H and O–H groups in total. The van der Waals surface area contributed by atoms with E-state index in [-0.39, 0.29) is 6.04 Å². The lowest BCUT2D eigenvalue weighted by atomic mass is 9.79. The third kappa shape index (κ3) is 3.30. The van der Waals surface area contributed by atoms with Gasteiger partial charge in [-0.1, -0.05) is 62.2 Å². The van der Waals surface area contributed by atoms with Crippen molar-refractivity contribution in [2.75, 3.05) is 7.05 Å². The van der Waals surface area contributed by atoms with Crippen LogP contribution in [0.15, 0.2) is 36.5 Å². The van der Waals surface area contributed by atoms with Crippen LogP contribution in [0.4, 0.5) is 0 Å². The topological polar surface area (TPSA) is 29.9 Å². The second kappa shape index (κ2) is 7.10. The molecule has 0 bridgehead atoms. The van der Waals surface area contributed by atoms with E-state index in [1.165, 1.54) is 5.56 Å². The number of rotatable bonds is 6.